The molecule has 1 aromatic heterocycles. The number of carbonyl (C=O) groups excluding carboxylic acids is 1. The van der Waals surface area contributed by atoms with Crippen LogP contribution in [0.3, 0.4) is 0 Å². The van der Waals surface area contributed by atoms with Gasteiger partial charge in [0, 0.05) is 31.2 Å². The lowest BCUT2D eigenvalue weighted by molar-refractivity contribution is -0.115. The van der Waals surface area contributed by atoms with Crippen molar-refractivity contribution >= 4 is 39.0 Å². The molecule has 0 radical (unpaired) electrons. The first-order chi connectivity index (χ1) is 15.8. The molecule has 2 aromatic carbocycles. The number of carbonyl (C=O) groups is 1. The minimum atomic E-state index is -3.57. The molecule has 1 amide bonds. The van der Waals surface area contributed by atoms with Gasteiger partial charge in [0.2, 0.25) is 15.9 Å². The van der Waals surface area contributed by atoms with Gasteiger partial charge >= 0.3 is 0 Å². The quantitative estimate of drug-likeness (QED) is 0.573. The van der Waals surface area contributed by atoms with E-state index in [0.717, 1.165) is 0 Å². The van der Waals surface area contributed by atoms with E-state index in [1.54, 1.807) is 42.6 Å². The minimum Gasteiger partial charge on any atom is -0.354 e. The predicted octanol–water partition coefficient (Wildman–Crippen LogP) is 3.57. The number of hydrogen-bond acceptors (Lipinski definition) is 5. The highest BCUT2D eigenvalue weighted by atomic mass is 35.5. The molecule has 0 bridgehead atoms. The second-order valence-electron chi connectivity index (χ2n) is 7.60. The molecule has 172 valence electrons. The van der Waals surface area contributed by atoms with Gasteiger partial charge in [0.05, 0.1) is 23.2 Å². The first kappa shape index (κ1) is 23.2. The van der Waals surface area contributed by atoms with E-state index in [1.807, 2.05) is 4.90 Å². The third kappa shape index (κ3) is 5.68. The summed E-state index contributed by atoms with van der Waals surface area (Å²) in [6.45, 7) is 1.66. The minimum absolute atomic E-state index is 0.131. The Labute approximate surface area is 196 Å². The number of rotatable bonds is 6. The van der Waals surface area contributed by atoms with Crippen LogP contribution in [0.1, 0.15) is 5.56 Å². The molecule has 4 rings (SSSR count). The number of benzene rings is 2. The Morgan fingerprint density at radius 1 is 0.970 bits per heavy atom. The average molecular weight is 489 g/mol. The third-order valence-corrected chi connectivity index (χ3v) is 7.49. The zero-order valence-corrected chi connectivity index (χ0v) is 19.2. The van der Waals surface area contributed by atoms with Crippen molar-refractivity contribution in [2.45, 2.75) is 11.3 Å². The van der Waals surface area contributed by atoms with Gasteiger partial charge in [-0.25, -0.2) is 17.8 Å². The van der Waals surface area contributed by atoms with Gasteiger partial charge in [-0.3, -0.25) is 4.79 Å². The number of nitrogens with zero attached hydrogens (tertiary/aromatic N) is 3. The molecule has 1 saturated heterocycles. The van der Waals surface area contributed by atoms with Crippen molar-refractivity contribution in [2.75, 3.05) is 36.4 Å². The number of pyridine rings is 1. The van der Waals surface area contributed by atoms with Gasteiger partial charge in [-0.2, -0.15) is 4.31 Å². The fourth-order valence-corrected chi connectivity index (χ4v) is 5.10. The fraction of sp³-hybridized carbons (Fsp3) is 0.217. The molecule has 1 aliphatic heterocycles. The smallest absolute Gasteiger partial charge is 0.243 e. The molecule has 33 heavy (non-hydrogen) atoms. The van der Waals surface area contributed by atoms with Crippen LogP contribution in [0, 0.1) is 5.82 Å². The van der Waals surface area contributed by atoms with Crippen molar-refractivity contribution in [1.29, 1.82) is 0 Å². The van der Waals surface area contributed by atoms with Crippen molar-refractivity contribution in [2.24, 2.45) is 0 Å². The second kappa shape index (κ2) is 9.86. The first-order valence-corrected chi connectivity index (χ1v) is 12.1. The van der Waals surface area contributed by atoms with Gasteiger partial charge in [0.25, 0.3) is 0 Å². The molecule has 10 heteroatoms. The van der Waals surface area contributed by atoms with Gasteiger partial charge in [-0.15, -0.1) is 0 Å². The molecule has 0 atom stereocenters. The summed E-state index contributed by atoms with van der Waals surface area (Å²) in [6, 6.07) is 15.5. The Kier molecular flexibility index (Phi) is 6.92. The Morgan fingerprint density at radius 2 is 1.64 bits per heavy atom. The summed E-state index contributed by atoms with van der Waals surface area (Å²) >= 11 is 5.86. The third-order valence-electron chi connectivity index (χ3n) is 5.32. The Morgan fingerprint density at radius 3 is 2.24 bits per heavy atom. The zero-order chi connectivity index (χ0) is 23.4. The molecule has 0 aliphatic carbocycles. The topological polar surface area (TPSA) is 82.6 Å². The molecule has 7 nitrogen and oxygen atoms in total. The molecule has 1 fully saturated rings. The van der Waals surface area contributed by atoms with Crippen LogP contribution in [0.2, 0.25) is 5.02 Å². The number of anilines is 2. The zero-order valence-electron chi connectivity index (χ0n) is 17.6. The van der Waals surface area contributed by atoms with Crippen molar-refractivity contribution in [3.63, 3.8) is 0 Å². The average Bonchev–Trinajstić information content (AvgIpc) is 2.81. The van der Waals surface area contributed by atoms with Crippen LogP contribution >= 0.6 is 11.6 Å². The Bertz CT molecular complexity index is 1210. The fourth-order valence-electron chi connectivity index (χ4n) is 3.55. The molecule has 0 unspecified atom stereocenters. The van der Waals surface area contributed by atoms with Crippen LogP contribution in [0.15, 0.2) is 71.8 Å². The lowest BCUT2D eigenvalue weighted by Gasteiger charge is -2.34. The van der Waals surface area contributed by atoms with Gasteiger partial charge < -0.3 is 10.2 Å². The number of nitrogens with one attached hydrogen (secondary N) is 1. The normalized spacial score (nSPS) is 14.8. The summed E-state index contributed by atoms with van der Waals surface area (Å²) in [5, 5.41) is 3.26. The highest BCUT2D eigenvalue weighted by Gasteiger charge is 2.28. The van der Waals surface area contributed by atoms with Crippen molar-refractivity contribution in [1.82, 2.24) is 9.29 Å². The first-order valence-electron chi connectivity index (χ1n) is 10.3. The van der Waals surface area contributed by atoms with Crippen molar-refractivity contribution < 1.29 is 17.6 Å². The van der Waals surface area contributed by atoms with Gasteiger partial charge in [0.15, 0.2) is 0 Å². The maximum atomic E-state index is 13.0. The van der Waals surface area contributed by atoms with E-state index in [0.29, 0.717) is 48.3 Å². The van der Waals surface area contributed by atoms with E-state index in [2.05, 4.69) is 10.3 Å². The standard InChI is InChI=1S/C23H22ClFN4O3S/c24-18-3-8-21(9-4-18)33(31,32)29-13-11-28(12-14-29)22-10-7-20(16-26-22)27-23(30)15-17-1-5-19(25)6-2-17/h1-10,16H,11-15H2,(H,27,30). The van der Waals surface area contributed by atoms with Gasteiger partial charge in [0.1, 0.15) is 11.6 Å². The summed E-state index contributed by atoms with van der Waals surface area (Å²) in [4.78, 5) is 18.8. The number of sulfonamides is 1. The van der Waals surface area contributed by atoms with Gasteiger partial charge in [-0.05, 0) is 54.1 Å². The number of aromatic nitrogens is 1. The van der Waals surface area contributed by atoms with Crippen LogP contribution in [0.25, 0.3) is 0 Å². The van der Waals surface area contributed by atoms with Crippen LogP contribution < -0.4 is 10.2 Å². The number of hydrogen-bond donors (Lipinski definition) is 1. The lowest BCUT2D eigenvalue weighted by atomic mass is 10.1. The molecular weight excluding hydrogens is 467 g/mol. The van der Waals surface area contributed by atoms with Crippen LogP contribution in [0.5, 0.6) is 0 Å². The van der Waals surface area contributed by atoms with Crippen molar-refractivity contribution in [3.05, 3.63) is 83.3 Å². The number of amides is 1. The van der Waals surface area contributed by atoms with E-state index in [9.17, 15) is 17.6 Å². The largest absolute Gasteiger partial charge is 0.354 e. The summed E-state index contributed by atoms with van der Waals surface area (Å²) in [5.74, 6) is 0.134. The molecule has 1 aliphatic rings. The summed E-state index contributed by atoms with van der Waals surface area (Å²) in [7, 11) is -3.57. The predicted molar refractivity (Wildman–Crippen MR) is 125 cm³/mol. The lowest BCUT2D eigenvalue weighted by Crippen LogP contribution is -2.48. The van der Waals surface area contributed by atoms with Gasteiger partial charge in [-0.1, -0.05) is 23.7 Å². The van der Waals surface area contributed by atoms with E-state index in [1.165, 1.54) is 28.6 Å². The molecule has 0 spiro atoms. The highest BCUT2D eigenvalue weighted by Crippen LogP contribution is 2.22. The molecule has 3 aromatic rings. The monoisotopic (exact) mass is 488 g/mol. The van der Waals surface area contributed by atoms with Crippen molar-refractivity contribution in [3.8, 4) is 0 Å². The number of piperazine rings is 1. The van der Waals surface area contributed by atoms with E-state index in [-0.39, 0.29) is 23.0 Å². The van der Waals surface area contributed by atoms with E-state index < -0.39 is 10.0 Å². The second-order valence-corrected chi connectivity index (χ2v) is 9.98. The molecule has 1 N–H and O–H groups in total. The van der Waals surface area contributed by atoms with E-state index in [4.69, 9.17) is 11.6 Å². The molecule has 2 heterocycles. The number of halogens is 2. The molecular formula is C23H22ClFN4O3S. The van der Waals surface area contributed by atoms with E-state index >= 15 is 0 Å². The molecule has 0 saturated carbocycles. The summed E-state index contributed by atoms with van der Waals surface area (Å²) in [6.07, 6.45) is 1.70. The van der Waals surface area contributed by atoms with Crippen LogP contribution in [-0.2, 0) is 21.2 Å². The van der Waals surface area contributed by atoms with Crippen LogP contribution in [-0.4, -0.2) is 49.8 Å². The summed E-state index contributed by atoms with van der Waals surface area (Å²) in [5.41, 5.74) is 1.26. The summed E-state index contributed by atoms with van der Waals surface area (Å²) < 4.78 is 40.1. The van der Waals surface area contributed by atoms with Crippen LogP contribution in [0.4, 0.5) is 15.9 Å². The Hall–Kier alpha value is -3.01. The maximum Gasteiger partial charge on any atom is 0.243 e. The highest BCUT2D eigenvalue weighted by molar-refractivity contribution is 7.89. The maximum absolute atomic E-state index is 13.0. The Balaban J connectivity index is 1.32. The SMILES string of the molecule is O=C(Cc1ccc(F)cc1)Nc1ccc(N2CCN(S(=O)(=O)c3ccc(Cl)cc3)CC2)nc1.